The normalized spacial score (nSPS) is 10.3. The quantitative estimate of drug-likeness (QED) is 0.778. The first-order valence-electron chi connectivity index (χ1n) is 5.76. The van der Waals surface area contributed by atoms with Crippen LogP contribution in [0.15, 0.2) is 18.2 Å². The second kappa shape index (κ2) is 6.86. The fourth-order valence-corrected chi connectivity index (χ4v) is 1.40. The van der Waals surface area contributed by atoms with Crippen LogP contribution in [0.2, 0.25) is 0 Å². The van der Waals surface area contributed by atoms with Crippen molar-refractivity contribution in [2.45, 2.75) is 26.5 Å². The number of ether oxygens (including phenoxy) is 3. The Bertz CT molecular complexity index is 404. The van der Waals surface area contributed by atoms with Gasteiger partial charge in [0.1, 0.15) is 11.5 Å². The Kier molecular flexibility index (Phi) is 5.45. The minimum Gasteiger partial charge on any atom is -0.497 e. The number of nitrogens with two attached hydrogens (primary N) is 1. The number of rotatable bonds is 6. The van der Waals surface area contributed by atoms with Crippen molar-refractivity contribution >= 4 is 5.97 Å². The predicted molar refractivity (Wildman–Crippen MR) is 67.6 cm³/mol. The van der Waals surface area contributed by atoms with Crippen LogP contribution in [-0.4, -0.2) is 25.8 Å². The van der Waals surface area contributed by atoms with Gasteiger partial charge < -0.3 is 19.9 Å². The Morgan fingerprint density at radius 1 is 1.39 bits per heavy atom. The van der Waals surface area contributed by atoms with Crippen molar-refractivity contribution in [2.24, 2.45) is 5.73 Å². The number of carbonyl (C=O) groups is 1. The lowest BCUT2D eigenvalue weighted by Gasteiger charge is -2.12. The molecule has 0 amide bonds. The van der Waals surface area contributed by atoms with Gasteiger partial charge in [0.05, 0.1) is 13.2 Å². The van der Waals surface area contributed by atoms with Crippen molar-refractivity contribution < 1.29 is 19.0 Å². The summed E-state index contributed by atoms with van der Waals surface area (Å²) in [7, 11) is 1.56. The van der Waals surface area contributed by atoms with Gasteiger partial charge in [-0.1, -0.05) is 6.07 Å². The van der Waals surface area contributed by atoms with Crippen LogP contribution in [0.4, 0.5) is 0 Å². The van der Waals surface area contributed by atoms with E-state index < -0.39 is 5.97 Å². The minimum atomic E-state index is -0.407. The molecule has 1 aromatic rings. The smallest absolute Gasteiger partial charge is 0.344 e. The molecule has 100 valence electrons. The topological polar surface area (TPSA) is 70.8 Å². The highest BCUT2D eigenvalue weighted by Crippen LogP contribution is 2.24. The van der Waals surface area contributed by atoms with Crippen molar-refractivity contribution in [3.63, 3.8) is 0 Å². The molecule has 0 bridgehead atoms. The summed E-state index contributed by atoms with van der Waals surface area (Å²) in [5.41, 5.74) is 6.41. The fraction of sp³-hybridized carbons (Fsp3) is 0.462. The van der Waals surface area contributed by atoms with Crippen LogP contribution >= 0.6 is 0 Å². The molecule has 0 spiro atoms. The molecule has 0 radical (unpaired) electrons. The third-order valence-electron chi connectivity index (χ3n) is 2.21. The molecule has 18 heavy (non-hydrogen) atoms. The highest BCUT2D eigenvalue weighted by Gasteiger charge is 2.09. The molecule has 5 heteroatoms. The zero-order chi connectivity index (χ0) is 13.5. The van der Waals surface area contributed by atoms with Crippen molar-refractivity contribution in [3.05, 3.63) is 23.8 Å². The third kappa shape index (κ3) is 4.25. The molecule has 0 aliphatic rings. The lowest BCUT2D eigenvalue weighted by Crippen LogP contribution is -2.19. The second-order valence-corrected chi connectivity index (χ2v) is 4.01. The first-order valence-corrected chi connectivity index (χ1v) is 5.76. The molecular formula is C13H19NO4. The Balaban J connectivity index is 2.67. The zero-order valence-electron chi connectivity index (χ0n) is 10.9. The number of hydrogen-bond donors (Lipinski definition) is 1. The average Bonchev–Trinajstić information content (AvgIpc) is 2.35. The van der Waals surface area contributed by atoms with E-state index in [0.29, 0.717) is 18.0 Å². The molecule has 0 aliphatic heterocycles. The maximum absolute atomic E-state index is 11.4. The van der Waals surface area contributed by atoms with Gasteiger partial charge in [-0.3, -0.25) is 0 Å². The van der Waals surface area contributed by atoms with Gasteiger partial charge >= 0.3 is 5.97 Å². The van der Waals surface area contributed by atoms with E-state index in [4.69, 9.17) is 19.9 Å². The zero-order valence-corrected chi connectivity index (χ0v) is 10.9. The summed E-state index contributed by atoms with van der Waals surface area (Å²) in [5, 5.41) is 0. The lowest BCUT2D eigenvalue weighted by atomic mass is 10.2. The van der Waals surface area contributed by atoms with Crippen molar-refractivity contribution in [3.8, 4) is 11.5 Å². The van der Waals surface area contributed by atoms with Gasteiger partial charge in [-0.15, -0.1) is 0 Å². The van der Waals surface area contributed by atoms with E-state index in [9.17, 15) is 4.79 Å². The van der Waals surface area contributed by atoms with Gasteiger partial charge in [-0.05, 0) is 19.9 Å². The SMILES string of the molecule is COc1ccc(CN)c(OCC(=O)OC(C)C)c1. The van der Waals surface area contributed by atoms with Gasteiger partial charge in [0, 0.05) is 18.2 Å². The van der Waals surface area contributed by atoms with E-state index >= 15 is 0 Å². The van der Waals surface area contributed by atoms with Gasteiger partial charge in [-0.2, -0.15) is 0 Å². The minimum absolute atomic E-state index is 0.141. The molecule has 0 unspecified atom stereocenters. The first-order chi connectivity index (χ1) is 8.56. The van der Waals surface area contributed by atoms with E-state index in [1.165, 1.54) is 0 Å². The van der Waals surface area contributed by atoms with Gasteiger partial charge in [0.15, 0.2) is 6.61 Å². The molecule has 2 N–H and O–H groups in total. The van der Waals surface area contributed by atoms with E-state index in [2.05, 4.69) is 0 Å². The molecule has 0 aromatic heterocycles. The Morgan fingerprint density at radius 3 is 2.67 bits per heavy atom. The highest BCUT2D eigenvalue weighted by molar-refractivity contribution is 5.71. The molecular weight excluding hydrogens is 234 g/mol. The van der Waals surface area contributed by atoms with Crippen LogP contribution in [-0.2, 0) is 16.1 Å². The largest absolute Gasteiger partial charge is 0.497 e. The molecule has 0 heterocycles. The van der Waals surface area contributed by atoms with Crippen LogP contribution < -0.4 is 15.2 Å². The van der Waals surface area contributed by atoms with Crippen LogP contribution in [0.1, 0.15) is 19.4 Å². The average molecular weight is 253 g/mol. The molecule has 0 fully saturated rings. The number of hydrogen-bond acceptors (Lipinski definition) is 5. The molecule has 1 rings (SSSR count). The molecule has 5 nitrogen and oxygen atoms in total. The van der Waals surface area contributed by atoms with Crippen LogP contribution in [0.25, 0.3) is 0 Å². The monoisotopic (exact) mass is 253 g/mol. The Hall–Kier alpha value is -1.75. The summed E-state index contributed by atoms with van der Waals surface area (Å²) in [5.74, 6) is 0.785. The highest BCUT2D eigenvalue weighted by atomic mass is 16.6. The standard InChI is InChI=1S/C13H19NO4/c1-9(2)18-13(15)8-17-12-6-11(16-3)5-4-10(12)7-14/h4-6,9H,7-8,14H2,1-3H3. The second-order valence-electron chi connectivity index (χ2n) is 4.01. The number of carbonyl (C=O) groups excluding carboxylic acids is 1. The lowest BCUT2D eigenvalue weighted by molar-refractivity contribution is -0.149. The van der Waals surface area contributed by atoms with Crippen LogP contribution in [0.3, 0.4) is 0 Å². The predicted octanol–water partition coefficient (Wildman–Crippen LogP) is 1.48. The number of esters is 1. The molecule has 0 atom stereocenters. The van der Waals surface area contributed by atoms with E-state index in [-0.39, 0.29) is 12.7 Å². The third-order valence-corrected chi connectivity index (χ3v) is 2.21. The summed E-state index contributed by atoms with van der Waals surface area (Å²) in [6, 6.07) is 5.30. The summed E-state index contributed by atoms with van der Waals surface area (Å²) in [4.78, 5) is 11.4. The Morgan fingerprint density at radius 2 is 2.11 bits per heavy atom. The summed E-state index contributed by atoms with van der Waals surface area (Å²) < 4.78 is 15.5. The Labute approximate surface area is 107 Å². The first kappa shape index (κ1) is 14.3. The van der Waals surface area contributed by atoms with Gasteiger partial charge in [0.25, 0.3) is 0 Å². The van der Waals surface area contributed by atoms with E-state index in [1.807, 2.05) is 6.07 Å². The van der Waals surface area contributed by atoms with Crippen molar-refractivity contribution in [1.82, 2.24) is 0 Å². The summed E-state index contributed by atoms with van der Waals surface area (Å²) in [6.07, 6.45) is -0.152. The van der Waals surface area contributed by atoms with Crippen LogP contribution in [0.5, 0.6) is 11.5 Å². The molecule has 1 aromatic carbocycles. The molecule has 0 aliphatic carbocycles. The maximum Gasteiger partial charge on any atom is 0.344 e. The van der Waals surface area contributed by atoms with E-state index in [0.717, 1.165) is 5.56 Å². The summed E-state index contributed by atoms with van der Waals surface area (Å²) in [6.45, 7) is 3.76. The van der Waals surface area contributed by atoms with Gasteiger partial charge in [-0.25, -0.2) is 4.79 Å². The maximum atomic E-state index is 11.4. The number of methoxy groups -OCH3 is 1. The summed E-state index contributed by atoms with van der Waals surface area (Å²) >= 11 is 0. The van der Waals surface area contributed by atoms with Crippen molar-refractivity contribution in [2.75, 3.05) is 13.7 Å². The van der Waals surface area contributed by atoms with Gasteiger partial charge in [0.2, 0.25) is 0 Å². The number of benzene rings is 1. The van der Waals surface area contributed by atoms with Crippen molar-refractivity contribution in [1.29, 1.82) is 0 Å². The molecule has 0 saturated carbocycles. The van der Waals surface area contributed by atoms with E-state index in [1.54, 1.807) is 33.1 Å². The van der Waals surface area contributed by atoms with Crippen LogP contribution in [0, 0.1) is 0 Å². The fourth-order valence-electron chi connectivity index (χ4n) is 1.40. The molecule has 0 saturated heterocycles.